The van der Waals surface area contributed by atoms with Gasteiger partial charge in [0.15, 0.2) is 5.76 Å². The van der Waals surface area contributed by atoms with Crippen LogP contribution in [0.2, 0.25) is 0 Å². The van der Waals surface area contributed by atoms with Crippen LogP contribution >= 0.6 is 11.3 Å². The van der Waals surface area contributed by atoms with Gasteiger partial charge < -0.3 is 14.6 Å². The Labute approximate surface area is 122 Å². The average molecular weight is 293 g/mol. The highest BCUT2D eigenvalue weighted by molar-refractivity contribution is 7.09. The fourth-order valence-electron chi connectivity index (χ4n) is 1.95. The number of rotatable bonds is 8. The highest BCUT2D eigenvalue weighted by Gasteiger charge is 2.20. The molecule has 0 amide bonds. The van der Waals surface area contributed by atoms with Crippen molar-refractivity contribution in [2.24, 2.45) is 0 Å². The van der Waals surface area contributed by atoms with Crippen LogP contribution in [-0.4, -0.2) is 22.8 Å². The van der Waals surface area contributed by atoms with E-state index in [4.69, 9.17) is 9.26 Å². The summed E-state index contributed by atoms with van der Waals surface area (Å²) in [5.74, 6) is 0.790. The van der Waals surface area contributed by atoms with Crippen LogP contribution in [0.4, 0.5) is 0 Å². The number of nitrogens with zero attached hydrogens (tertiary/aromatic N) is 2. The molecule has 108 valence electrons. The van der Waals surface area contributed by atoms with Crippen LogP contribution in [0.15, 0.2) is 16.1 Å². The van der Waals surface area contributed by atoms with Crippen molar-refractivity contribution in [2.75, 3.05) is 6.61 Å². The van der Waals surface area contributed by atoms with Crippen LogP contribution in [0.5, 0.6) is 0 Å². The molecule has 3 rings (SSSR count). The van der Waals surface area contributed by atoms with Gasteiger partial charge in [0.25, 0.3) is 0 Å². The normalized spacial score (nSPS) is 14.8. The predicted octanol–water partition coefficient (Wildman–Crippen LogP) is 2.45. The van der Waals surface area contributed by atoms with Gasteiger partial charge in [-0.15, -0.1) is 11.3 Å². The smallest absolute Gasteiger partial charge is 0.162 e. The Morgan fingerprint density at radius 3 is 3.15 bits per heavy atom. The van der Waals surface area contributed by atoms with Gasteiger partial charge in [-0.3, -0.25) is 0 Å². The van der Waals surface area contributed by atoms with Gasteiger partial charge in [-0.25, -0.2) is 4.98 Å². The van der Waals surface area contributed by atoms with Crippen LogP contribution in [0.3, 0.4) is 0 Å². The number of aromatic nitrogens is 2. The quantitative estimate of drug-likeness (QED) is 0.758. The van der Waals surface area contributed by atoms with Gasteiger partial charge in [0.2, 0.25) is 0 Å². The minimum absolute atomic E-state index is 0.480. The summed E-state index contributed by atoms with van der Waals surface area (Å²) < 4.78 is 10.9. The summed E-state index contributed by atoms with van der Waals surface area (Å²) in [6.45, 7) is 3.98. The Bertz CT molecular complexity index is 548. The molecule has 0 unspecified atom stereocenters. The van der Waals surface area contributed by atoms with Crippen molar-refractivity contribution in [2.45, 2.75) is 45.4 Å². The molecule has 0 radical (unpaired) electrons. The number of hydrogen-bond acceptors (Lipinski definition) is 6. The molecule has 1 N–H and O–H groups in total. The molecule has 1 fully saturated rings. The number of thiazole rings is 1. The van der Waals surface area contributed by atoms with E-state index in [0.29, 0.717) is 19.3 Å². The van der Waals surface area contributed by atoms with Crippen LogP contribution in [0.25, 0.3) is 0 Å². The van der Waals surface area contributed by atoms with E-state index >= 15 is 0 Å². The lowest BCUT2D eigenvalue weighted by Crippen LogP contribution is -2.15. The molecule has 5 nitrogen and oxygen atoms in total. The van der Waals surface area contributed by atoms with E-state index in [1.807, 2.05) is 18.5 Å². The van der Waals surface area contributed by atoms with Gasteiger partial charge >= 0.3 is 0 Å². The molecule has 0 saturated heterocycles. The Kier molecular flexibility index (Phi) is 4.44. The Balaban J connectivity index is 1.36. The summed E-state index contributed by atoms with van der Waals surface area (Å²) >= 11 is 1.68. The molecular formula is C14H19N3O2S. The van der Waals surface area contributed by atoms with Crippen molar-refractivity contribution >= 4 is 11.3 Å². The maximum absolute atomic E-state index is 5.62. The third kappa shape index (κ3) is 3.88. The van der Waals surface area contributed by atoms with Gasteiger partial charge in [0, 0.05) is 30.0 Å². The molecule has 0 spiro atoms. The van der Waals surface area contributed by atoms with E-state index in [2.05, 4.69) is 15.5 Å². The molecule has 1 aliphatic rings. The predicted molar refractivity (Wildman–Crippen MR) is 76.6 cm³/mol. The lowest BCUT2D eigenvalue weighted by atomic mass is 10.3. The maximum atomic E-state index is 5.62. The van der Waals surface area contributed by atoms with Crippen molar-refractivity contribution in [1.29, 1.82) is 0 Å². The summed E-state index contributed by atoms with van der Waals surface area (Å²) in [4.78, 5) is 5.51. The second kappa shape index (κ2) is 6.47. The van der Waals surface area contributed by atoms with Gasteiger partial charge in [0.05, 0.1) is 23.5 Å². The third-order valence-corrected chi connectivity index (χ3v) is 4.31. The van der Waals surface area contributed by atoms with Crippen molar-refractivity contribution in [3.05, 3.63) is 33.6 Å². The monoisotopic (exact) mass is 293 g/mol. The van der Waals surface area contributed by atoms with Crippen molar-refractivity contribution in [3.8, 4) is 0 Å². The van der Waals surface area contributed by atoms with Crippen molar-refractivity contribution in [1.82, 2.24) is 15.5 Å². The zero-order valence-electron chi connectivity index (χ0n) is 11.6. The highest BCUT2D eigenvalue weighted by Crippen LogP contribution is 2.19. The van der Waals surface area contributed by atoms with Crippen LogP contribution in [0.1, 0.15) is 34.9 Å². The minimum Gasteiger partial charge on any atom is -0.373 e. The molecule has 2 aromatic heterocycles. The molecule has 0 bridgehead atoms. The molecular weight excluding hydrogens is 274 g/mol. The zero-order chi connectivity index (χ0) is 13.8. The Morgan fingerprint density at radius 2 is 2.40 bits per heavy atom. The first-order valence-corrected chi connectivity index (χ1v) is 7.84. The Hall–Kier alpha value is -1.24. The highest BCUT2D eigenvalue weighted by atomic mass is 32.1. The molecule has 1 aliphatic carbocycles. The molecule has 2 aromatic rings. The van der Waals surface area contributed by atoms with E-state index < -0.39 is 0 Å². The summed E-state index contributed by atoms with van der Waals surface area (Å²) in [6, 6.07) is 2.65. The maximum Gasteiger partial charge on any atom is 0.162 e. The first kappa shape index (κ1) is 13.7. The van der Waals surface area contributed by atoms with E-state index in [-0.39, 0.29) is 0 Å². The average Bonchev–Trinajstić information content (AvgIpc) is 3.03. The standard InChI is InChI=1S/C14H19N3O2S/c1-10-14(20-9-16-10)4-5-18-8-13-6-12(17-19-13)7-15-11-2-3-11/h6,9,11,15H,2-5,7-8H2,1H3. The summed E-state index contributed by atoms with van der Waals surface area (Å²) in [6.07, 6.45) is 3.47. The second-order valence-electron chi connectivity index (χ2n) is 5.10. The number of hydrogen-bond donors (Lipinski definition) is 1. The fourth-order valence-corrected chi connectivity index (χ4v) is 2.71. The van der Waals surface area contributed by atoms with Gasteiger partial charge in [-0.1, -0.05) is 5.16 Å². The molecule has 0 atom stereocenters. The summed E-state index contributed by atoms with van der Waals surface area (Å²) in [7, 11) is 0. The van der Waals surface area contributed by atoms with E-state index in [9.17, 15) is 0 Å². The zero-order valence-corrected chi connectivity index (χ0v) is 12.4. The lowest BCUT2D eigenvalue weighted by molar-refractivity contribution is 0.104. The van der Waals surface area contributed by atoms with Crippen molar-refractivity contribution in [3.63, 3.8) is 0 Å². The van der Waals surface area contributed by atoms with Crippen LogP contribution in [-0.2, 0) is 24.3 Å². The third-order valence-electron chi connectivity index (χ3n) is 3.32. The van der Waals surface area contributed by atoms with Gasteiger partial charge in [0.1, 0.15) is 6.61 Å². The lowest BCUT2D eigenvalue weighted by Gasteiger charge is -2.00. The van der Waals surface area contributed by atoms with E-state index in [1.165, 1.54) is 17.7 Å². The largest absolute Gasteiger partial charge is 0.373 e. The Morgan fingerprint density at radius 1 is 1.50 bits per heavy atom. The first-order valence-electron chi connectivity index (χ1n) is 6.96. The van der Waals surface area contributed by atoms with E-state index in [1.54, 1.807) is 11.3 Å². The number of ether oxygens (including phenoxy) is 1. The van der Waals surface area contributed by atoms with Crippen molar-refractivity contribution < 1.29 is 9.26 Å². The molecule has 1 saturated carbocycles. The molecule has 0 aromatic carbocycles. The second-order valence-corrected chi connectivity index (χ2v) is 6.04. The topological polar surface area (TPSA) is 60.2 Å². The fraction of sp³-hybridized carbons (Fsp3) is 0.571. The summed E-state index contributed by atoms with van der Waals surface area (Å²) in [5, 5.41) is 7.44. The SMILES string of the molecule is Cc1ncsc1CCOCc1cc(CNC2CC2)no1. The van der Waals surface area contributed by atoms with Crippen LogP contribution < -0.4 is 5.32 Å². The number of aryl methyl sites for hydroxylation is 1. The van der Waals surface area contributed by atoms with Gasteiger partial charge in [-0.2, -0.15) is 0 Å². The minimum atomic E-state index is 0.480. The molecule has 20 heavy (non-hydrogen) atoms. The first-order chi connectivity index (χ1) is 9.81. The molecule has 6 heteroatoms. The summed E-state index contributed by atoms with van der Waals surface area (Å²) in [5.41, 5.74) is 3.93. The number of nitrogens with one attached hydrogen (secondary N) is 1. The van der Waals surface area contributed by atoms with Crippen LogP contribution in [0, 0.1) is 6.92 Å². The van der Waals surface area contributed by atoms with E-state index in [0.717, 1.165) is 30.1 Å². The molecule has 2 heterocycles. The molecule has 0 aliphatic heterocycles. The van der Waals surface area contributed by atoms with Gasteiger partial charge in [-0.05, 0) is 19.8 Å².